The van der Waals surface area contributed by atoms with E-state index in [1.165, 1.54) is 5.56 Å². The van der Waals surface area contributed by atoms with E-state index < -0.39 is 0 Å². The Hall–Kier alpha value is -2.07. The van der Waals surface area contributed by atoms with Crippen LogP contribution in [0.4, 0.5) is 0 Å². The molecular weight excluding hydrogens is 308 g/mol. The Kier molecular flexibility index (Phi) is 4.82. The van der Waals surface area contributed by atoms with Crippen LogP contribution < -0.4 is 11.1 Å². The molecule has 120 valence electrons. The van der Waals surface area contributed by atoms with Gasteiger partial charge in [0.1, 0.15) is 0 Å². The maximum atomic E-state index is 6.09. The number of nitrogens with one attached hydrogen (secondary N) is 1. The van der Waals surface area contributed by atoms with Crippen LogP contribution in [0, 0.1) is 0 Å². The van der Waals surface area contributed by atoms with E-state index in [-0.39, 0.29) is 5.41 Å². The lowest BCUT2D eigenvalue weighted by Gasteiger charge is -2.14. The van der Waals surface area contributed by atoms with Crippen LogP contribution >= 0.6 is 11.6 Å². The van der Waals surface area contributed by atoms with Crippen LogP contribution in [0.15, 0.2) is 53.7 Å². The highest BCUT2D eigenvalue weighted by atomic mass is 35.5. The largest absolute Gasteiger partial charge is 0.370 e. The van der Waals surface area contributed by atoms with Crippen molar-refractivity contribution in [3.8, 4) is 0 Å². The SMILES string of the molecule is NC(=NCC1(c2cccc(Cl)c2)CC1)NCCc1ccccn1. The molecule has 1 heterocycles. The highest BCUT2D eigenvalue weighted by Gasteiger charge is 2.44. The van der Waals surface area contributed by atoms with Crippen molar-refractivity contribution >= 4 is 17.6 Å². The Balaban J connectivity index is 1.51. The molecule has 0 radical (unpaired) electrons. The summed E-state index contributed by atoms with van der Waals surface area (Å²) in [5.41, 5.74) is 8.40. The van der Waals surface area contributed by atoms with E-state index >= 15 is 0 Å². The molecule has 3 rings (SSSR count). The molecule has 1 aliphatic rings. The summed E-state index contributed by atoms with van der Waals surface area (Å²) in [6.07, 6.45) is 4.90. The maximum absolute atomic E-state index is 6.09. The summed E-state index contributed by atoms with van der Waals surface area (Å²) in [6.45, 7) is 1.44. The molecule has 1 saturated carbocycles. The monoisotopic (exact) mass is 328 g/mol. The first-order valence-electron chi connectivity index (χ1n) is 7.88. The third-order valence-corrected chi connectivity index (χ3v) is 4.49. The molecule has 5 heteroatoms. The quantitative estimate of drug-likeness (QED) is 0.633. The second-order valence-corrected chi connectivity index (χ2v) is 6.43. The zero-order chi connectivity index (χ0) is 16.1. The molecule has 0 bridgehead atoms. The molecule has 23 heavy (non-hydrogen) atoms. The Morgan fingerprint density at radius 3 is 2.83 bits per heavy atom. The Labute approximate surface area is 141 Å². The van der Waals surface area contributed by atoms with Crippen LogP contribution in [0.1, 0.15) is 24.1 Å². The van der Waals surface area contributed by atoms with E-state index in [0.29, 0.717) is 12.5 Å². The highest BCUT2D eigenvalue weighted by Crippen LogP contribution is 2.48. The van der Waals surface area contributed by atoms with Gasteiger partial charge in [-0.1, -0.05) is 29.8 Å². The first-order valence-corrected chi connectivity index (χ1v) is 8.26. The summed E-state index contributed by atoms with van der Waals surface area (Å²) in [5.74, 6) is 0.495. The van der Waals surface area contributed by atoms with Crippen molar-refractivity contribution < 1.29 is 0 Å². The van der Waals surface area contributed by atoms with Crippen LogP contribution in [0.5, 0.6) is 0 Å². The van der Waals surface area contributed by atoms with E-state index in [2.05, 4.69) is 21.4 Å². The van der Waals surface area contributed by atoms with Crippen molar-refractivity contribution in [1.29, 1.82) is 0 Å². The third kappa shape index (κ3) is 4.23. The van der Waals surface area contributed by atoms with Crippen molar-refractivity contribution in [2.24, 2.45) is 10.7 Å². The molecule has 4 nitrogen and oxygen atoms in total. The van der Waals surface area contributed by atoms with Gasteiger partial charge in [-0.25, -0.2) is 0 Å². The first-order chi connectivity index (χ1) is 11.2. The minimum absolute atomic E-state index is 0.123. The van der Waals surface area contributed by atoms with E-state index in [9.17, 15) is 0 Å². The second kappa shape index (κ2) is 7.01. The fourth-order valence-corrected chi connectivity index (χ4v) is 2.85. The van der Waals surface area contributed by atoms with Crippen molar-refractivity contribution in [1.82, 2.24) is 10.3 Å². The predicted octanol–water partition coefficient (Wildman–Crippen LogP) is 2.91. The normalized spacial score (nSPS) is 16.1. The number of aliphatic imine (C=N–C) groups is 1. The lowest BCUT2D eigenvalue weighted by molar-refractivity contribution is 0.699. The summed E-state index contributed by atoms with van der Waals surface area (Å²) in [5, 5.41) is 3.93. The van der Waals surface area contributed by atoms with Gasteiger partial charge in [0.2, 0.25) is 0 Å². The number of hydrogen-bond acceptors (Lipinski definition) is 2. The number of rotatable bonds is 6. The van der Waals surface area contributed by atoms with Crippen molar-refractivity contribution in [2.75, 3.05) is 13.1 Å². The minimum Gasteiger partial charge on any atom is -0.370 e. The van der Waals surface area contributed by atoms with Gasteiger partial charge in [-0.15, -0.1) is 0 Å². The number of benzene rings is 1. The van der Waals surface area contributed by atoms with E-state index in [1.807, 2.05) is 36.4 Å². The number of hydrogen-bond donors (Lipinski definition) is 2. The van der Waals surface area contributed by atoms with E-state index in [0.717, 1.165) is 36.5 Å². The number of nitrogens with zero attached hydrogens (tertiary/aromatic N) is 2. The minimum atomic E-state index is 0.123. The average molecular weight is 329 g/mol. The van der Waals surface area contributed by atoms with Gasteiger partial charge in [-0.2, -0.15) is 0 Å². The second-order valence-electron chi connectivity index (χ2n) is 5.99. The van der Waals surface area contributed by atoms with Gasteiger partial charge in [0.15, 0.2) is 5.96 Å². The molecule has 1 fully saturated rings. The van der Waals surface area contributed by atoms with Gasteiger partial charge < -0.3 is 11.1 Å². The smallest absolute Gasteiger partial charge is 0.188 e. The molecule has 0 spiro atoms. The van der Waals surface area contributed by atoms with Gasteiger partial charge in [-0.05, 0) is 42.7 Å². The number of aromatic nitrogens is 1. The Morgan fingerprint density at radius 2 is 2.13 bits per heavy atom. The lowest BCUT2D eigenvalue weighted by Crippen LogP contribution is -2.34. The van der Waals surface area contributed by atoms with Crippen molar-refractivity contribution in [3.63, 3.8) is 0 Å². The molecule has 1 aliphatic carbocycles. The van der Waals surface area contributed by atoms with E-state index in [4.69, 9.17) is 17.3 Å². The standard InChI is InChI=1S/C18H21ClN4/c19-15-5-3-4-14(12-15)18(8-9-18)13-23-17(20)22-11-7-16-6-1-2-10-21-16/h1-6,10,12H,7-9,11,13H2,(H3,20,22,23). The van der Waals surface area contributed by atoms with Crippen molar-refractivity contribution in [2.45, 2.75) is 24.7 Å². The van der Waals surface area contributed by atoms with E-state index in [1.54, 1.807) is 6.20 Å². The summed E-state index contributed by atoms with van der Waals surface area (Å²) < 4.78 is 0. The van der Waals surface area contributed by atoms with Crippen LogP contribution in [0.3, 0.4) is 0 Å². The van der Waals surface area contributed by atoms with Gasteiger partial charge >= 0.3 is 0 Å². The molecule has 0 saturated heterocycles. The maximum Gasteiger partial charge on any atom is 0.188 e. The molecule has 0 amide bonds. The first kappa shape index (κ1) is 15.8. The molecule has 3 N–H and O–H groups in total. The number of guanidine groups is 1. The Morgan fingerprint density at radius 1 is 1.26 bits per heavy atom. The van der Waals surface area contributed by atoms with Crippen molar-refractivity contribution in [3.05, 3.63) is 64.9 Å². The lowest BCUT2D eigenvalue weighted by atomic mass is 9.96. The van der Waals surface area contributed by atoms with Gasteiger partial charge in [-0.3, -0.25) is 9.98 Å². The molecule has 1 aromatic heterocycles. The molecule has 1 aromatic carbocycles. The molecule has 0 aliphatic heterocycles. The van der Waals surface area contributed by atoms with Crippen LogP contribution in [0.25, 0.3) is 0 Å². The highest BCUT2D eigenvalue weighted by molar-refractivity contribution is 6.30. The molecule has 2 aromatic rings. The van der Waals surface area contributed by atoms with Crippen LogP contribution in [-0.2, 0) is 11.8 Å². The molecular formula is C18H21ClN4. The van der Waals surface area contributed by atoms with Gasteiger partial charge in [0.05, 0.1) is 6.54 Å². The average Bonchev–Trinajstić information content (AvgIpc) is 3.35. The predicted molar refractivity (Wildman–Crippen MR) is 94.8 cm³/mol. The van der Waals surface area contributed by atoms with Gasteiger partial charge in [0, 0.05) is 35.3 Å². The zero-order valence-corrected chi connectivity index (χ0v) is 13.8. The third-order valence-electron chi connectivity index (χ3n) is 4.26. The fourth-order valence-electron chi connectivity index (χ4n) is 2.66. The zero-order valence-electron chi connectivity index (χ0n) is 13.0. The Bertz CT molecular complexity index is 680. The number of nitrogens with two attached hydrogens (primary N) is 1. The summed E-state index contributed by atoms with van der Waals surface area (Å²) in [6, 6.07) is 14.0. The van der Waals surface area contributed by atoms with Crippen LogP contribution in [-0.4, -0.2) is 24.0 Å². The topological polar surface area (TPSA) is 63.3 Å². The molecule has 0 unspecified atom stereocenters. The molecule has 0 atom stereocenters. The van der Waals surface area contributed by atoms with Gasteiger partial charge in [0.25, 0.3) is 0 Å². The fraction of sp³-hybridized carbons (Fsp3) is 0.333. The number of pyridine rings is 1. The summed E-state index contributed by atoms with van der Waals surface area (Å²) in [7, 11) is 0. The summed E-state index contributed by atoms with van der Waals surface area (Å²) in [4.78, 5) is 8.80. The summed E-state index contributed by atoms with van der Waals surface area (Å²) >= 11 is 6.09. The number of halogens is 1. The van der Waals surface area contributed by atoms with Crippen LogP contribution in [0.2, 0.25) is 5.02 Å².